The number of benzene rings is 1. The second kappa shape index (κ2) is 3.79. The molecule has 0 saturated carbocycles. The fraction of sp³-hybridized carbons (Fsp3) is 0. The molecule has 2 aromatic rings. The van der Waals surface area contributed by atoms with Gasteiger partial charge in [-0.1, -0.05) is 23.0 Å². The molecule has 0 unspecified atom stereocenters. The zero-order chi connectivity index (χ0) is 10.7. The van der Waals surface area contributed by atoms with E-state index in [0.717, 1.165) is 6.20 Å². The molecule has 0 saturated heterocycles. The monoisotopic (exact) mass is 204 g/mol. The third-order valence-electron chi connectivity index (χ3n) is 1.75. The molecule has 1 aromatic heterocycles. The maximum atomic E-state index is 11.5. The lowest BCUT2D eigenvalue weighted by Crippen LogP contribution is -2.12. The van der Waals surface area contributed by atoms with Crippen LogP contribution in [0.4, 0.5) is 5.69 Å². The zero-order valence-corrected chi connectivity index (χ0v) is 7.66. The van der Waals surface area contributed by atoms with Crippen LogP contribution in [0, 0.1) is 0 Å². The van der Waals surface area contributed by atoms with Gasteiger partial charge in [0.05, 0.1) is 6.20 Å². The molecule has 0 fully saturated rings. The number of carbonyl (C=O) groups excluding carboxylic acids is 1. The number of hydrogen-bond donors (Lipinski definition) is 2. The van der Waals surface area contributed by atoms with E-state index in [1.165, 1.54) is 0 Å². The molecule has 0 spiro atoms. The lowest BCUT2D eigenvalue weighted by molar-refractivity contribution is 0.102. The van der Waals surface area contributed by atoms with E-state index in [2.05, 4.69) is 15.6 Å². The minimum absolute atomic E-state index is 0.0568. The summed E-state index contributed by atoms with van der Waals surface area (Å²) in [5.74, 6) is -0.415. The van der Waals surface area contributed by atoms with Gasteiger partial charge in [-0.05, 0) is 17.3 Å². The normalized spacial score (nSPS) is 9.87. The van der Waals surface area contributed by atoms with E-state index in [9.17, 15) is 4.79 Å². The number of amides is 1. The van der Waals surface area contributed by atoms with Gasteiger partial charge in [0.2, 0.25) is 0 Å². The maximum absolute atomic E-state index is 11.5. The Labute approximate surface area is 85.1 Å². The Morgan fingerprint density at radius 1 is 1.33 bits per heavy atom. The van der Waals surface area contributed by atoms with Gasteiger partial charge in [-0.15, -0.1) is 5.10 Å². The first-order valence-electron chi connectivity index (χ1n) is 4.24. The third-order valence-corrected chi connectivity index (χ3v) is 1.75. The Bertz CT molecular complexity index is 466. The first kappa shape index (κ1) is 9.20. The Balaban J connectivity index is 2.11. The minimum atomic E-state index is -0.415. The van der Waals surface area contributed by atoms with Gasteiger partial charge in [0.15, 0.2) is 5.69 Å². The Hall–Kier alpha value is -2.37. The number of para-hydroxylation sites is 1. The van der Waals surface area contributed by atoms with E-state index in [1.54, 1.807) is 24.3 Å². The molecule has 1 heterocycles. The highest BCUT2D eigenvalue weighted by atomic mass is 16.5. The third kappa shape index (κ3) is 2.11. The highest BCUT2D eigenvalue weighted by Gasteiger charge is 2.10. The molecule has 0 bridgehead atoms. The van der Waals surface area contributed by atoms with E-state index in [1.807, 2.05) is 6.07 Å². The Morgan fingerprint density at radius 3 is 2.67 bits per heavy atom. The van der Waals surface area contributed by atoms with Crippen LogP contribution in [0.15, 0.2) is 36.5 Å². The molecule has 0 radical (unpaired) electrons. The van der Waals surface area contributed by atoms with Gasteiger partial charge in [-0.2, -0.15) is 0 Å². The molecule has 6 nitrogen and oxygen atoms in total. The van der Waals surface area contributed by atoms with Crippen molar-refractivity contribution < 1.29 is 10.0 Å². The minimum Gasteiger partial charge on any atom is -0.410 e. The van der Waals surface area contributed by atoms with Crippen LogP contribution >= 0.6 is 0 Å². The van der Waals surface area contributed by atoms with Gasteiger partial charge in [0.25, 0.3) is 5.91 Å². The van der Waals surface area contributed by atoms with Crippen LogP contribution in [0.3, 0.4) is 0 Å². The number of nitrogens with zero attached hydrogens (tertiary/aromatic N) is 3. The van der Waals surface area contributed by atoms with Crippen LogP contribution in [0.2, 0.25) is 0 Å². The van der Waals surface area contributed by atoms with Crippen molar-refractivity contribution in [3.8, 4) is 0 Å². The molecule has 0 atom stereocenters. The highest BCUT2D eigenvalue weighted by molar-refractivity contribution is 6.02. The fourth-order valence-electron chi connectivity index (χ4n) is 1.08. The molecule has 2 N–H and O–H groups in total. The maximum Gasteiger partial charge on any atom is 0.277 e. The van der Waals surface area contributed by atoms with Gasteiger partial charge in [-0.25, -0.2) is 0 Å². The summed E-state index contributed by atoms with van der Waals surface area (Å²) in [6.07, 6.45) is 1.12. The number of carbonyl (C=O) groups is 1. The van der Waals surface area contributed by atoms with Crippen LogP contribution in [0.5, 0.6) is 0 Å². The van der Waals surface area contributed by atoms with Crippen molar-refractivity contribution in [1.82, 2.24) is 15.2 Å². The molecular weight excluding hydrogens is 196 g/mol. The summed E-state index contributed by atoms with van der Waals surface area (Å²) in [7, 11) is 0. The lowest BCUT2D eigenvalue weighted by atomic mass is 10.3. The van der Waals surface area contributed by atoms with Crippen molar-refractivity contribution in [3.05, 3.63) is 42.2 Å². The van der Waals surface area contributed by atoms with E-state index >= 15 is 0 Å². The average Bonchev–Trinajstić information content (AvgIpc) is 2.66. The van der Waals surface area contributed by atoms with Crippen LogP contribution in [0.25, 0.3) is 0 Å². The van der Waals surface area contributed by atoms with Crippen LogP contribution in [-0.2, 0) is 0 Å². The molecule has 6 heteroatoms. The van der Waals surface area contributed by atoms with E-state index in [4.69, 9.17) is 5.21 Å². The molecule has 1 aromatic carbocycles. The van der Waals surface area contributed by atoms with Gasteiger partial charge in [0, 0.05) is 5.69 Å². The number of rotatable bonds is 2. The zero-order valence-electron chi connectivity index (χ0n) is 7.66. The summed E-state index contributed by atoms with van der Waals surface area (Å²) in [6, 6.07) is 8.96. The predicted octanol–water partition coefficient (Wildman–Crippen LogP) is 0.768. The molecule has 0 aliphatic rings. The fourth-order valence-corrected chi connectivity index (χ4v) is 1.08. The molecule has 76 valence electrons. The summed E-state index contributed by atoms with van der Waals surface area (Å²) in [4.78, 5) is 12.0. The van der Waals surface area contributed by atoms with Crippen LogP contribution in [-0.4, -0.2) is 26.3 Å². The van der Waals surface area contributed by atoms with Crippen molar-refractivity contribution in [2.24, 2.45) is 0 Å². The smallest absolute Gasteiger partial charge is 0.277 e. The quantitative estimate of drug-likeness (QED) is 0.708. The van der Waals surface area contributed by atoms with Crippen molar-refractivity contribution in [1.29, 1.82) is 0 Å². The van der Waals surface area contributed by atoms with Gasteiger partial charge >= 0.3 is 0 Å². The predicted molar refractivity (Wildman–Crippen MR) is 51.6 cm³/mol. The van der Waals surface area contributed by atoms with Crippen LogP contribution < -0.4 is 5.32 Å². The van der Waals surface area contributed by atoms with Crippen molar-refractivity contribution in [2.75, 3.05) is 5.32 Å². The second-order valence-electron chi connectivity index (χ2n) is 2.84. The molecule has 0 aliphatic carbocycles. The number of anilines is 1. The molecule has 1 amide bonds. The average molecular weight is 204 g/mol. The van der Waals surface area contributed by atoms with Gasteiger partial charge in [0.1, 0.15) is 0 Å². The summed E-state index contributed by atoms with van der Waals surface area (Å²) in [6.45, 7) is 0. The Kier molecular flexibility index (Phi) is 2.32. The highest BCUT2D eigenvalue weighted by Crippen LogP contribution is 2.06. The van der Waals surface area contributed by atoms with Gasteiger partial charge < -0.3 is 10.5 Å². The van der Waals surface area contributed by atoms with Crippen molar-refractivity contribution >= 4 is 11.6 Å². The summed E-state index contributed by atoms with van der Waals surface area (Å²) >= 11 is 0. The number of hydrogen-bond acceptors (Lipinski definition) is 4. The first-order valence-corrected chi connectivity index (χ1v) is 4.24. The standard InChI is InChI=1S/C9H8N4O2/c14-9(8-6-13(15)12-11-8)10-7-4-2-1-3-5-7/h1-6,15H,(H,10,14). The van der Waals surface area contributed by atoms with Crippen LogP contribution in [0.1, 0.15) is 10.5 Å². The lowest BCUT2D eigenvalue weighted by Gasteiger charge is -2.00. The second-order valence-corrected chi connectivity index (χ2v) is 2.84. The van der Waals surface area contributed by atoms with Gasteiger partial charge in [-0.3, -0.25) is 4.79 Å². The van der Waals surface area contributed by atoms with Crippen molar-refractivity contribution in [3.63, 3.8) is 0 Å². The molecule has 0 aliphatic heterocycles. The molecule has 2 rings (SSSR count). The number of aromatic nitrogens is 3. The van der Waals surface area contributed by atoms with E-state index in [-0.39, 0.29) is 5.69 Å². The summed E-state index contributed by atoms with van der Waals surface area (Å²) in [5.41, 5.74) is 0.719. The first-order chi connectivity index (χ1) is 7.25. The summed E-state index contributed by atoms with van der Waals surface area (Å²) in [5, 5.41) is 18.1. The summed E-state index contributed by atoms with van der Waals surface area (Å²) < 4.78 is 0. The largest absolute Gasteiger partial charge is 0.410 e. The molecule has 15 heavy (non-hydrogen) atoms. The SMILES string of the molecule is O=C(Nc1ccccc1)c1cn(O)nn1. The Morgan fingerprint density at radius 2 is 2.07 bits per heavy atom. The van der Waals surface area contributed by atoms with E-state index in [0.29, 0.717) is 10.5 Å². The number of nitrogens with one attached hydrogen (secondary N) is 1. The van der Waals surface area contributed by atoms with E-state index < -0.39 is 5.91 Å². The van der Waals surface area contributed by atoms with Crippen molar-refractivity contribution in [2.45, 2.75) is 0 Å². The molecular formula is C9H8N4O2. The topological polar surface area (TPSA) is 80.0 Å².